The normalized spacial score (nSPS) is 17.2. The molecule has 1 atom stereocenters. The molecule has 1 aliphatic rings. The summed E-state index contributed by atoms with van der Waals surface area (Å²) in [7, 11) is 0. The number of thiazole rings is 1. The maximum atomic E-state index is 13.4. The summed E-state index contributed by atoms with van der Waals surface area (Å²) in [6.07, 6.45) is 1.70. The summed E-state index contributed by atoms with van der Waals surface area (Å²) in [5, 5.41) is 5.51. The Bertz CT molecular complexity index is 804. The van der Waals surface area contributed by atoms with Crippen LogP contribution in [0.2, 0.25) is 0 Å². The number of hydrogen-bond acceptors (Lipinski definition) is 4. The molecule has 3 rings (SSSR count). The van der Waals surface area contributed by atoms with Crippen LogP contribution in [0.25, 0.3) is 0 Å². The Labute approximate surface area is 154 Å². The number of nitrogens with one attached hydrogen (secondary N) is 1. The van der Waals surface area contributed by atoms with E-state index in [1.165, 1.54) is 18.3 Å². The minimum atomic E-state index is -0.760. The molecule has 0 saturated carbocycles. The van der Waals surface area contributed by atoms with Gasteiger partial charge >= 0.3 is 0 Å². The Hall–Kier alpha value is -2.35. The Morgan fingerprint density at radius 1 is 1.31 bits per heavy atom. The van der Waals surface area contributed by atoms with Crippen LogP contribution in [0.5, 0.6) is 0 Å². The summed E-state index contributed by atoms with van der Waals surface area (Å²) < 4.78 is 26.8. The highest BCUT2D eigenvalue weighted by Crippen LogP contribution is 2.30. The highest BCUT2D eigenvalue weighted by Gasteiger charge is 2.27. The van der Waals surface area contributed by atoms with Crippen molar-refractivity contribution < 1.29 is 18.4 Å². The van der Waals surface area contributed by atoms with Crippen LogP contribution in [0, 0.1) is 11.6 Å². The van der Waals surface area contributed by atoms with Gasteiger partial charge in [-0.3, -0.25) is 9.59 Å². The number of carbonyl (C=O) groups excluding carboxylic acids is 2. The van der Waals surface area contributed by atoms with Gasteiger partial charge in [-0.05, 0) is 25.0 Å². The van der Waals surface area contributed by atoms with Gasteiger partial charge in [-0.1, -0.05) is 0 Å². The number of rotatable bonds is 4. The van der Waals surface area contributed by atoms with Gasteiger partial charge in [0.25, 0.3) is 5.91 Å². The van der Waals surface area contributed by atoms with Crippen molar-refractivity contribution in [1.82, 2.24) is 15.2 Å². The number of nitrogens with zero attached hydrogens (tertiary/aromatic N) is 2. The molecule has 1 fully saturated rings. The molecule has 2 heterocycles. The molecule has 2 aromatic rings. The van der Waals surface area contributed by atoms with E-state index in [1.807, 2.05) is 5.38 Å². The number of aromatic nitrogens is 1. The number of hydrogen-bond donors (Lipinski definition) is 1. The van der Waals surface area contributed by atoms with E-state index < -0.39 is 11.6 Å². The first-order valence-electron chi connectivity index (χ1n) is 8.36. The second-order valence-electron chi connectivity index (χ2n) is 6.34. The number of amides is 2. The molecular formula is C18H19F2N3O2S. The minimum Gasteiger partial charge on any atom is -0.351 e. The molecule has 5 nitrogen and oxygen atoms in total. The lowest BCUT2D eigenvalue weighted by Gasteiger charge is -2.32. The monoisotopic (exact) mass is 379 g/mol. The molecular weight excluding hydrogens is 360 g/mol. The Kier molecular flexibility index (Phi) is 5.61. The van der Waals surface area contributed by atoms with E-state index in [1.54, 1.807) is 4.90 Å². The lowest BCUT2D eigenvalue weighted by Crippen LogP contribution is -2.39. The lowest BCUT2D eigenvalue weighted by molar-refractivity contribution is -0.119. The van der Waals surface area contributed by atoms with Crippen LogP contribution < -0.4 is 5.32 Å². The average molecular weight is 379 g/mol. The Morgan fingerprint density at radius 2 is 2.04 bits per heavy atom. The summed E-state index contributed by atoms with van der Waals surface area (Å²) in [4.78, 5) is 29.8. The minimum absolute atomic E-state index is 0.0219. The summed E-state index contributed by atoms with van der Waals surface area (Å²) in [5.41, 5.74) is 0.810. The van der Waals surface area contributed by atoms with Gasteiger partial charge in [-0.2, -0.15) is 0 Å². The molecule has 0 bridgehead atoms. The van der Waals surface area contributed by atoms with Crippen molar-refractivity contribution in [1.29, 1.82) is 0 Å². The van der Waals surface area contributed by atoms with Crippen molar-refractivity contribution in [3.05, 3.63) is 51.5 Å². The zero-order valence-corrected chi connectivity index (χ0v) is 15.1. The molecule has 1 aromatic heterocycles. The van der Waals surface area contributed by atoms with E-state index in [9.17, 15) is 18.4 Å². The average Bonchev–Trinajstić information content (AvgIpc) is 3.07. The quantitative estimate of drug-likeness (QED) is 0.888. The van der Waals surface area contributed by atoms with E-state index in [0.29, 0.717) is 19.6 Å². The van der Waals surface area contributed by atoms with Crippen molar-refractivity contribution in [3.8, 4) is 0 Å². The summed E-state index contributed by atoms with van der Waals surface area (Å²) in [5.74, 6) is -1.92. The number of piperidine rings is 1. The fourth-order valence-corrected chi connectivity index (χ4v) is 3.98. The van der Waals surface area contributed by atoms with Crippen LogP contribution in [-0.2, 0) is 11.3 Å². The molecule has 138 valence electrons. The van der Waals surface area contributed by atoms with Gasteiger partial charge in [0.15, 0.2) is 0 Å². The van der Waals surface area contributed by atoms with E-state index >= 15 is 0 Å². The maximum absolute atomic E-state index is 13.4. The zero-order valence-electron chi connectivity index (χ0n) is 14.3. The fourth-order valence-electron chi connectivity index (χ4n) is 3.03. The first kappa shape index (κ1) is 18.4. The largest absolute Gasteiger partial charge is 0.351 e. The molecule has 1 N–H and O–H groups in total. The van der Waals surface area contributed by atoms with Crippen LogP contribution in [0.1, 0.15) is 46.7 Å². The van der Waals surface area contributed by atoms with Crippen molar-refractivity contribution in [3.63, 3.8) is 0 Å². The van der Waals surface area contributed by atoms with Gasteiger partial charge in [0.2, 0.25) is 5.91 Å². The van der Waals surface area contributed by atoms with Gasteiger partial charge in [0.1, 0.15) is 11.6 Å². The molecule has 0 aliphatic carbocycles. The highest BCUT2D eigenvalue weighted by atomic mass is 32.1. The molecule has 2 amide bonds. The van der Waals surface area contributed by atoms with Crippen molar-refractivity contribution >= 4 is 23.2 Å². The van der Waals surface area contributed by atoms with Crippen LogP contribution in [-0.4, -0.2) is 34.8 Å². The molecule has 1 aromatic carbocycles. The zero-order chi connectivity index (χ0) is 18.7. The smallest absolute Gasteiger partial charge is 0.254 e. The van der Waals surface area contributed by atoms with Gasteiger partial charge in [0, 0.05) is 42.9 Å². The topological polar surface area (TPSA) is 62.3 Å². The summed E-state index contributed by atoms with van der Waals surface area (Å²) >= 11 is 1.50. The number of carbonyl (C=O) groups is 2. The lowest BCUT2D eigenvalue weighted by atomic mass is 9.98. The third-order valence-electron chi connectivity index (χ3n) is 4.26. The maximum Gasteiger partial charge on any atom is 0.254 e. The fraction of sp³-hybridized carbons (Fsp3) is 0.389. The molecule has 1 aliphatic heterocycles. The van der Waals surface area contributed by atoms with Crippen molar-refractivity contribution in [2.45, 2.75) is 32.2 Å². The second-order valence-corrected chi connectivity index (χ2v) is 7.22. The van der Waals surface area contributed by atoms with Crippen molar-refractivity contribution in [2.24, 2.45) is 0 Å². The Balaban J connectivity index is 1.69. The van der Waals surface area contributed by atoms with Gasteiger partial charge < -0.3 is 10.2 Å². The highest BCUT2D eigenvalue weighted by molar-refractivity contribution is 7.09. The number of likely N-dealkylation sites (tertiary alicyclic amines) is 1. The van der Waals surface area contributed by atoms with Gasteiger partial charge in [0.05, 0.1) is 17.2 Å². The van der Waals surface area contributed by atoms with E-state index in [4.69, 9.17) is 0 Å². The molecule has 1 unspecified atom stereocenters. The Morgan fingerprint density at radius 3 is 2.73 bits per heavy atom. The SMILES string of the molecule is CC(=O)NCc1csc(C2CCCN(C(=O)c3cc(F)cc(F)c3)C2)n1. The summed E-state index contributed by atoms with van der Waals surface area (Å²) in [6, 6.07) is 2.87. The third kappa shape index (κ3) is 4.43. The first-order chi connectivity index (χ1) is 12.4. The van der Waals surface area contributed by atoms with Crippen LogP contribution in [0.15, 0.2) is 23.6 Å². The first-order valence-corrected chi connectivity index (χ1v) is 9.24. The molecule has 0 spiro atoms. The van der Waals surface area contributed by atoms with Crippen LogP contribution in [0.3, 0.4) is 0 Å². The van der Waals surface area contributed by atoms with Gasteiger partial charge in [-0.25, -0.2) is 13.8 Å². The number of halogens is 2. The van der Waals surface area contributed by atoms with Crippen molar-refractivity contribution in [2.75, 3.05) is 13.1 Å². The molecule has 0 radical (unpaired) electrons. The molecule has 26 heavy (non-hydrogen) atoms. The number of benzene rings is 1. The molecule has 8 heteroatoms. The van der Waals surface area contributed by atoms with Gasteiger partial charge in [-0.15, -0.1) is 11.3 Å². The van der Waals surface area contributed by atoms with E-state index in [2.05, 4.69) is 10.3 Å². The third-order valence-corrected chi connectivity index (χ3v) is 5.31. The second kappa shape index (κ2) is 7.90. The predicted octanol–water partition coefficient (Wildman–Crippen LogP) is 3.08. The standard InChI is InChI=1S/C18H19F2N3O2S/c1-11(24)21-8-16-10-26-17(22-16)12-3-2-4-23(9-12)18(25)13-5-14(19)7-15(20)6-13/h5-7,10,12H,2-4,8-9H2,1H3,(H,21,24). The van der Waals surface area contributed by atoms with E-state index in [-0.39, 0.29) is 23.3 Å². The van der Waals surface area contributed by atoms with Crippen LogP contribution in [0.4, 0.5) is 8.78 Å². The predicted molar refractivity (Wildman–Crippen MR) is 93.9 cm³/mol. The molecule has 1 saturated heterocycles. The van der Waals surface area contributed by atoms with Crippen LogP contribution >= 0.6 is 11.3 Å². The summed E-state index contributed by atoms with van der Waals surface area (Å²) in [6.45, 7) is 2.85. The van der Waals surface area contributed by atoms with E-state index in [0.717, 1.165) is 41.7 Å².